The first kappa shape index (κ1) is 16.7. The van der Waals surface area contributed by atoms with Gasteiger partial charge in [0, 0.05) is 25.7 Å². The van der Waals surface area contributed by atoms with Gasteiger partial charge in [0.1, 0.15) is 5.82 Å². The van der Waals surface area contributed by atoms with Crippen LogP contribution in [0.1, 0.15) is 36.8 Å². The molecule has 1 aromatic heterocycles. The lowest BCUT2D eigenvalue weighted by Gasteiger charge is -2.33. The minimum atomic E-state index is -0.124. The molecule has 1 saturated heterocycles. The molecule has 1 aliphatic rings. The maximum atomic E-state index is 13.7. The Morgan fingerprint density at radius 2 is 2.21 bits per heavy atom. The molecular formula is C19H24FN3O. The number of aryl methyl sites for hydroxylation is 2. The van der Waals surface area contributed by atoms with E-state index in [0.717, 1.165) is 56.3 Å². The van der Waals surface area contributed by atoms with E-state index in [2.05, 4.69) is 10.2 Å². The van der Waals surface area contributed by atoms with Crippen molar-refractivity contribution in [3.8, 4) is 0 Å². The highest BCUT2D eigenvalue weighted by atomic mass is 19.1. The van der Waals surface area contributed by atoms with Gasteiger partial charge in [0.2, 0.25) is 5.91 Å². The zero-order valence-electron chi connectivity index (χ0n) is 13.9. The number of nitrogens with one attached hydrogen (secondary N) is 1. The van der Waals surface area contributed by atoms with Gasteiger partial charge < -0.3 is 4.90 Å². The number of hydrogen-bond acceptors (Lipinski definition) is 2. The number of aromatic amines is 1. The summed E-state index contributed by atoms with van der Waals surface area (Å²) < 4.78 is 13.7. The van der Waals surface area contributed by atoms with E-state index in [1.165, 1.54) is 6.07 Å². The van der Waals surface area contributed by atoms with Crippen LogP contribution in [-0.2, 0) is 17.6 Å². The van der Waals surface area contributed by atoms with Crippen molar-refractivity contribution in [2.45, 2.75) is 38.5 Å². The quantitative estimate of drug-likeness (QED) is 0.883. The monoisotopic (exact) mass is 329 g/mol. The molecular weight excluding hydrogens is 305 g/mol. The minimum absolute atomic E-state index is 0.124. The molecule has 1 amide bonds. The number of amides is 1. The SMILES string of the molecule is O=C(CCc1cn[nH]c1)N1CCCC(CCc2ccccc2F)C1. The molecule has 5 heteroatoms. The van der Waals surface area contributed by atoms with Crippen molar-refractivity contribution in [3.63, 3.8) is 0 Å². The van der Waals surface area contributed by atoms with Gasteiger partial charge in [-0.1, -0.05) is 18.2 Å². The first-order chi connectivity index (χ1) is 11.7. The number of hydrogen-bond donors (Lipinski definition) is 1. The number of H-pyrrole nitrogens is 1. The Morgan fingerprint density at radius 3 is 3.00 bits per heavy atom. The summed E-state index contributed by atoms with van der Waals surface area (Å²) in [6.45, 7) is 1.65. The highest BCUT2D eigenvalue weighted by Crippen LogP contribution is 2.23. The second-order valence-corrected chi connectivity index (χ2v) is 6.58. The summed E-state index contributed by atoms with van der Waals surface area (Å²) in [6, 6.07) is 6.97. The van der Waals surface area contributed by atoms with Crippen LogP contribution in [-0.4, -0.2) is 34.1 Å². The number of nitrogens with zero attached hydrogens (tertiary/aromatic N) is 2. The Kier molecular flexibility index (Phi) is 5.62. The molecule has 1 aliphatic heterocycles. The molecule has 0 spiro atoms. The van der Waals surface area contributed by atoms with Crippen LogP contribution in [0.25, 0.3) is 0 Å². The largest absolute Gasteiger partial charge is 0.342 e. The summed E-state index contributed by atoms with van der Waals surface area (Å²) in [4.78, 5) is 14.4. The van der Waals surface area contributed by atoms with Gasteiger partial charge in [0.15, 0.2) is 0 Å². The number of halogens is 1. The fourth-order valence-electron chi connectivity index (χ4n) is 3.41. The van der Waals surface area contributed by atoms with Crippen molar-refractivity contribution >= 4 is 5.91 Å². The zero-order chi connectivity index (χ0) is 16.8. The van der Waals surface area contributed by atoms with Gasteiger partial charge in [-0.15, -0.1) is 0 Å². The van der Waals surface area contributed by atoms with Crippen molar-refractivity contribution in [3.05, 3.63) is 53.6 Å². The van der Waals surface area contributed by atoms with E-state index in [9.17, 15) is 9.18 Å². The molecule has 1 N–H and O–H groups in total. The summed E-state index contributed by atoms with van der Waals surface area (Å²) in [5.41, 5.74) is 1.84. The van der Waals surface area contributed by atoms with Gasteiger partial charge in [-0.2, -0.15) is 5.10 Å². The van der Waals surface area contributed by atoms with Gasteiger partial charge >= 0.3 is 0 Å². The maximum absolute atomic E-state index is 13.7. The van der Waals surface area contributed by atoms with Crippen LogP contribution in [0.5, 0.6) is 0 Å². The van der Waals surface area contributed by atoms with E-state index in [4.69, 9.17) is 0 Å². The van der Waals surface area contributed by atoms with Crippen molar-refractivity contribution in [1.29, 1.82) is 0 Å². The third-order valence-electron chi connectivity index (χ3n) is 4.83. The second-order valence-electron chi connectivity index (χ2n) is 6.58. The highest BCUT2D eigenvalue weighted by Gasteiger charge is 2.23. The Bertz CT molecular complexity index is 656. The number of carbonyl (C=O) groups is 1. The maximum Gasteiger partial charge on any atom is 0.222 e. The molecule has 1 atom stereocenters. The normalized spacial score (nSPS) is 17.9. The van der Waals surface area contributed by atoms with Crippen LogP contribution < -0.4 is 0 Å². The summed E-state index contributed by atoms with van der Waals surface area (Å²) in [6.07, 6.45) is 8.70. The van der Waals surface area contributed by atoms with Gasteiger partial charge in [-0.25, -0.2) is 4.39 Å². The van der Waals surface area contributed by atoms with Crippen molar-refractivity contribution in [2.24, 2.45) is 5.92 Å². The molecule has 0 saturated carbocycles. The number of rotatable bonds is 6. The van der Waals surface area contributed by atoms with Crippen LogP contribution in [0, 0.1) is 11.7 Å². The molecule has 2 aromatic rings. The third kappa shape index (κ3) is 4.43. The van der Waals surface area contributed by atoms with E-state index in [1.54, 1.807) is 12.3 Å². The van der Waals surface area contributed by atoms with Crippen molar-refractivity contribution < 1.29 is 9.18 Å². The Labute approximate surface area is 142 Å². The van der Waals surface area contributed by atoms with E-state index < -0.39 is 0 Å². The summed E-state index contributed by atoms with van der Waals surface area (Å²) in [5.74, 6) is 0.560. The first-order valence-corrected chi connectivity index (χ1v) is 8.71. The fourth-order valence-corrected chi connectivity index (χ4v) is 3.41. The van der Waals surface area contributed by atoms with Gasteiger partial charge in [-0.3, -0.25) is 9.89 Å². The standard InChI is InChI=1S/C19H24FN3O/c20-18-6-2-1-5-17(18)9-7-15-4-3-11-23(14-15)19(24)10-8-16-12-21-22-13-16/h1-2,5-6,12-13,15H,3-4,7-11,14H2,(H,21,22). The predicted octanol–water partition coefficient (Wildman–Crippen LogP) is 3.35. The molecule has 1 unspecified atom stereocenters. The number of likely N-dealkylation sites (tertiary alicyclic amines) is 1. The Hall–Kier alpha value is -2.17. The van der Waals surface area contributed by atoms with Gasteiger partial charge in [0.25, 0.3) is 0 Å². The predicted molar refractivity (Wildman–Crippen MR) is 90.9 cm³/mol. The molecule has 4 nitrogen and oxygen atoms in total. The van der Waals surface area contributed by atoms with E-state index >= 15 is 0 Å². The lowest BCUT2D eigenvalue weighted by Crippen LogP contribution is -2.40. The topological polar surface area (TPSA) is 49.0 Å². The third-order valence-corrected chi connectivity index (χ3v) is 4.83. The molecule has 24 heavy (non-hydrogen) atoms. The lowest BCUT2D eigenvalue weighted by molar-refractivity contribution is -0.133. The van der Waals surface area contributed by atoms with Gasteiger partial charge in [-0.05, 0) is 55.2 Å². The molecule has 2 heterocycles. The van der Waals surface area contributed by atoms with Crippen LogP contribution in [0.15, 0.2) is 36.7 Å². The smallest absolute Gasteiger partial charge is 0.222 e. The van der Waals surface area contributed by atoms with Crippen LogP contribution >= 0.6 is 0 Å². The summed E-state index contributed by atoms with van der Waals surface area (Å²) in [5, 5.41) is 6.68. The fraction of sp³-hybridized carbons (Fsp3) is 0.474. The van der Waals surface area contributed by atoms with Crippen LogP contribution in [0.3, 0.4) is 0 Å². The first-order valence-electron chi connectivity index (χ1n) is 8.71. The highest BCUT2D eigenvalue weighted by molar-refractivity contribution is 5.76. The number of piperidine rings is 1. The van der Waals surface area contributed by atoms with Gasteiger partial charge in [0.05, 0.1) is 6.20 Å². The summed E-state index contributed by atoms with van der Waals surface area (Å²) >= 11 is 0. The average Bonchev–Trinajstić information content (AvgIpc) is 3.13. The second kappa shape index (κ2) is 8.08. The molecule has 1 aromatic carbocycles. The van der Waals surface area contributed by atoms with E-state index in [0.29, 0.717) is 12.3 Å². The average molecular weight is 329 g/mol. The molecule has 0 bridgehead atoms. The zero-order valence-corrected chi connectivity index (χ0v) is 13.9. The number of aromatic nitrogens is 2. The number of benzene rings is 1. The summed E-state index contributed by atoms with van der Waals surface area (Å²) in [7, 11) is 0. The molecule has 0 radical (unpaired) electrons. The molecule has 3 rings (SSSR count). The van der Waals surface area contributed by atoms with E-state index in [-0.39, 0.29) is 11.7 Å². The Balaban J connectivity index is 1.47. The van der Waals surface area contributed by atoms with Crippen molar-refractivity contribution in [1.82, 2.24) is 15.1 Å². The molecule has 0 aliphatic carbocycles. The van der Waals surface area contributed by atoms with Crippen LogP contribution in [0.2, 0.25) is 0 Å². The molecule has 128 valence electrons. The van der Waals surface area contributed by atoms with Crippen molar-refractivity contribution in [2.75, 3.05) is 13.1 Å². The minimum Gasteiger partial charge on any atom is -0.342 e. The van der Waals surface area contributed by atoms with Crippen LogP contribution in [0.4, 0.5) is 4.39 Å². The number of carbonyl (C=O) groups excluding carboxylic acids is 1. The molecule has 1 fully saturated rings. The van der Waals surface area contributed by atoms with E-state index in [1.807, 2.05) is 23.2 Å². The Morgan fingerprint density at radius 1 is 1.33 bits per heavy atom. The lowest BCUT2D eigenvalue weighted by atomic mass is 9.91.